The van der Waals surface area contributed by atoms with Crippen molar-refractivity contribution in [2.45, 2.75) is 31.5 Å². The summed E-state index contributed by atoms with van der Waals surface area (Å²) in [6, 6.07) is 0. The molecule has 0 fully saturated rings. The molecule has 0 aliphatic rings. The minimum Gasteiger partial charge on any atom is -0.481 e. The first kappa shape index (κ1) is 12.8. The third-order valence-corrected chi connectivity index (χ3v) is 2.85. The lowest BCUT2D eigenvalue weighted by Crippen LogP contribution is -2.06. The van der Waals surface area contributed by atoms with Gasteiger partial charge in [0.15, 0.2) is 5.16 Å². The number of carboxylic acids is 1. The number of thioether (sulfide) groups is 1. The van der Waals surface area contributed by atoms with Gasteiger partial charge in [-0.1, -0.05) is 31.7 Å². The third kappa shape index (κ3) is 3.10. The summed E-state index contributed by atoms with van der Waals surface area (Å²) in [5.41, 5.74) is 0. The number of carbonyl (C=O) groups is 1. The topological polar surface area (TPSA) is 68.0 Å². The van der Waals surface area contributed by atoms with Crippen molar-refractivity contribution >= 4 is 17.7 Å². The fraction of sp³-hybridized carbons (Fsp3) is 0.500. The summed E-state index contributed by atoms with van der Waals surface area (Å²) in [6.45, 7) is 8.32. The Bertz CT molecular complexity index is 387. The van der Waals surface area contributed by atoms with E-state index in [-0.39, 0.29) is 11.7 Å². The Kier molecular flexibility index (Phi) is 4.54. The molecule has 0 saturated carbocycles. The number of aromatic nitrogens is 3. The Balaban J connectivity index is 2.90. The molecule has 0 aliphatic heterocycles. The van der Waals surface area contributed by atoms with Crippen LogP contribution in [0.1, 0.15) is 25.6 Å². The molecule has 1 heterocycles. The molecule has 0 unspecified atom stereocenters. The van der Waals surface area contributed by atoms with Gasteiger partial charge in [0, 0.05) is 12.5 Å². The zero-order chi connectivity index (χ0) is 12.1. The van der Waals surface area contributed by atoms with Gasteiger partial charge in [0.1, 0.15) is 5.82 Å². The number of hydrogen-bond acceptors (Lipinski definition) is 4. The van der Waals surface area contributed by atoms with Gasteiger partial charge in [-0.25, -0.2) is 0 Å². The van der Waals surface area contributed by atoms with Crippen LogP contribution in [0.5, 0.6) is 0 Å². The van der Waals surface area contributed by atoms with Crippen LogP contribution in [-0.2, 0) is 11.3 Å². The third-order valence-electron chi connectivity index (χ3n) is 1.90. The molecule has 5 nitrogen and oxygen atoms in total. The lowest BCUT2D eigenvalue weighted by Gasteiger charge is -2.08. The minimum atomic E-state index is -0.857. The molecule has 1 aromatic heterocycles. The second-order valence-corrected chi connectivity index (χ2v) is 4.52. The quantitative estimate of drug-likeness (QED) is 0.607. The summed E-state index contributed by atoms with van der Waals surface area (Å²) in [6.07, 6.45) is 1.75. The molecule has 6 heteroatoms. The maximum atomic E-state index is 10.5. The maximum absolute atomic E-state index is 10.5. The average molecular weight is 241 g/mol. The number of rotatable bonds is 6. The van der Waals surface area contributed by atoms with Crippen LogP contribution in [0.25, 0.3) is 0 Å². The van der Waals surface area contributed by atoms with Gasteiger partial charge in [-0.05, 0) is 0 Å². The molecule has 0 aromatic carbocycles. The predicted molar refractivity (Wildman–Crippen MR) is 62.7 cm³/mol. The molecular formula is C10H15N3O2S. The molecule has 1 N–H and O–H groups in total. The van der Waals surface area contributed by atoms with Crippen molar-refractivity contribution in [3.63, 3.8) is 0 Å². The van der Waals surface area contributed by atoms with E-state index in [0.717, 1.165) is 5.82 Å². The van der Waals surface area contributed by atoms with E-state index in [2.05, 4.69) is 16.8 Å². The Morgan fingerprint density at radius 3 is 2.81 bits per heavy atom. The molecule has 1 rings (SSSR count). The van der Waals surface area contributed by atoms with E-state index in [0.29, 0.717) is 11.7 Å². The molecular weight excluding hydrogens is 226 g/mol. The van der Waals surface area contributed by atoms with E-state index in [4.69, 9.17) is 5.11 Å². The highest BCUT2D eigenvalue weighted by molar-refractivity contribution is 7.99. The first-order chi connectivity index (χ1) is 7.56. The standard InChI is InChI=1S/C10H15N3O2S/c1-4-5-13-9(7(2)3)11-12-10(13)16-6-8(14)15/h4,7H,1,5-6H2,2-3H3,(H,14,15). The molecule has 0 radical (unpaired) electrons. The molecule has 0 bridgehead atoms. The predicted octanol–water partition coefficient (Wildman–Crippen LogP) is 1.76. The zero-order valence-electron chi connectivity index (χ0n) is 9.38. The fourth-order valence-corrected chi connectivity index (χ4v) is 1.94. The largest absolute Gasteiger partial charge is 0.481 e. The summed E-state index contributed by atoms with van der Waals surface area (Å²) in [5.74, 6) is 0.247. The Labute approximate surface area is 98.6 Å². The lowest BCUT2D eigenvalue weighted by molar-refractivity contribution is -0.133. The molecule has 88 valence electrons. The van der Waals surface area contributed by atoms with Crippen LogP contribution in [0, 0.1) is 0 Å². The van der Waals surface area contributed by atoms with E-state index in [1.807, 2.05) is 18.4 Å². The fourth-order valence-electron chi connectivity index (χ4n) is 1.26. The van der Waals surface area contributed by atoms with Gasteiger partial charge in [0.2, 0.25) is 0 Å². The highest BCUT2D eigenvalue weighted by atomic mass is 32.2. The summed E-state index contributed by atoms with van der Waals surface area (Å²) in [5, 5.41) is 17.3. The van der Waals surface area contributed by atoms with Crippen LogP contribution in [-0.4, -0.2) is 31.6 Å². The first-order valence-electron chi connectivity index (χ1n) is 4.94. The molecule has 0 spiro atoms. The second-order valence-electron chi connectivity index (χ2n) is 3.58. The summed E-state index contributed by atoms with van der Waals surface area (Å²) >= 11 is 1.18. The lowest BCUT2D eigenvalue weighted by atomic mass is 10.2. The number of carboxylic acid groups (broad SMARTS) is 1. The van der Waals surface area contributed by atoms with E-state index in [1.165, 1.54) is 11.8 Å². The van der Waals surface area contributed by atoms with Gasteiger partial charge in [0.25, 0.3) is 0 Å². The monoisotopic (exact) mass is 241 g/mol. The van der Waals surface area contributed by atoms with Crippen LogP contribution >= 0.6 is 11.8 Å². The van der Waals surface area contributed by atoms with Gasteiger partial charge in [-0.3, -0.25) is 4.79 Å². The van der Waals surface area contributed by atoms with E-state index in [1.54, 1.807) is 6.08 Å². The normalized spacial score (nSPS) is 10.7. The summed E-state index contributed by atoms with van der Waals surface area (Å²) in [7, 11) is 0. The van der Waals surface area contributed by atoms with Gasteiger partial charge in [-0.15, -0.1) is 16.8 Å². The molecule has 16 heavy (non-hydrogen) atoms. The molecule has 0 atom stereocenters. The smallest absolute Gasteiger partial charge is 0.313 e. The number of hydrogen-bond donors (Lipinski definition) is 1. The Morgan fingerprint density at radius 2 is 2.31 bits per heavy atom. The van der Waals surface area contributed by atoms with Gasteiger partial charge in [-0.2, -0.15) is 0 Å². The number of nitrogens with zero attached hydrogens (tertiary/aromatic N) is 3. The van der Waals surface area contributed by atoms with Crippen molar-refractivity contribution in [2.24, 2.45) is 0 Å². The van der Waals surface area contributed by atoms with Crippen LogP contribution < -0.4 is 0 Å². The maximum Gasteiger partial charge on any atom is 0.313 e. The Hall–Kier alpha value is -1.30. The van der Waals surface area contributed by atoms with Crippen LogP contribution in [0.4, 0.5) is 0 Å². The first-order valence-corrected chi connectivity index (χ1v) is 5.93. The van der Waals surface area contributed by atoms with Crippen molar-refractivity contribution in [3.05, 3.63) is 18.5 Å². The highest BCUT2D eigenvalue weighted by Gasteiger charge is 2.14. The van der Waals surface area contributed by atoms with Crippen molar-refractivity contribution < 1.29 is 9.90 Å². The van der Waals surface area contributed by atoms with Crippen molar-refractivity contribution in [1.29, 1.82) is 0 Å². The summed E-state index contributed by atoms with van der Waals surface area (Å²) < 4.78 is 1.89. The van der Waals surface area contributed by atoms with Crippen LogP contribution in [0.2, 0.25) is 0 Å². The van der Waals surface area contributed by atoms with Crippen LogP contribution in [0.3, 0.4) is 0 Å². The molecule has 0 amide bonds. The number of allylic oxidation sites excluding steroid dienone is 1. The molecule has 0 saturated heterocycles. The highest BCUT2D eigenvalue weighted by Crippen LogP contribution is 2.21. The minimum absolute atomic E-state index is 0.00658. The van der Waals surface area contributed by atoms with Crippen LogP contribution in [0.15, 0.2) is 17.8 Å². The van der Waals surface area contributed by atoms with E-state index >= 15 is 0 Å². The average Bonchev–Trinajstić information content (AvgIpc) is 2.59. The van der Waals surface area contributed by atoms with Crippen molar-refractivity contribution in [1.82, 2.24) is 14.8 Å². The van der Waals surface area contributed by atoms with E-state index in [9.17, 15) is 4.79 Å². The van der Waals surface area contributed by atoms with Crippen molar-refractivity contribution in [2.75, 3.05) is 5.75 Å². The van der Waals surface area contributed by atoms with Crippen molar-refractivity contribution in [3.8, 4) is 0 Å². The molecule has 1 aromatic rings. The zero-order valence-corrected chi connectivity index (χ0v) is 10.2. The van der Waals surface area contributed by atoms with Gasteiger partial charge >= 0.3 is 5.97 Å². The second kappa shape index (κ2) is 5.69. The molecule has 0 aliphatic carbocycles. The number of aliphatic carboxylic acids is 1. The van der Waals surface area contributed by atoms with Gasteiger partial charge < -0.3 is 9.67 Å². The van der Waals surface area contributed by atoms with Gasteiger partial charge in [0.05, 0.1) is 5.75 Å². The Morgan fingerprint density at radius 1 is 1.62 bits per heavy atom. The SMILES string of the molecule is C=CCn1c(SCC(=O)O)nnc1C(C)C. The van der Waals surface area contributed by atoms with E-state index < -0.39 is 5.97 Å². The summed E-state index contributed by atoms with van der Waals surface area (Å²) in [4.78, 5) is 10.5.